The van der Waals surface area contributed by atoms with Gasteiger partial charge < -0.3 is 15.4 Å². The first-order valence-electron chi connectivity index (χ1n) is 8.90. The van der Waals surface area contributed by atoms with Gasteiger partial charge >= 0.3 is 12.3 Å². The van der Waals surface area contributed by atoms with E-state index < -0.39 is 35.4 Å². The van der Waals surface area contributed by atoms with Crippen molar-refractivity contribution in [3.8, 4) is 0 Å². The monoisotopic (exact) mass is 408 g/mol. The van der Waals surface area contributed by atoms with Crippen LogP contribution in [0.4, 0.5) is 23.7 Å². The normalized spacial score (nSPS) is 12.8. The van der Waals surface area contributed by atoms with Crippen molar-refractivity contribution in [1.82, 2.24) is 5.32 Å². The van der Waals surface area contributed by atoms with Crippen LogP contribution in [-0.4, -0.2) is 17.6 Å². The van der Waals surface area contributed by atoms with Gasteiger partial charge in [-0.15, -0.1) is 0 Å². The van der Waals surface area contributed by atoms with E-state index in [9.17, 15) is 22.8 Å². The van der Waals surface area contributed by atoms with E-state index in [2.05, 4.69) is 10.6 Å². The van der Waals surface area contributed by atoms with Crippen LogP contribution in [0.2, 0.25) is 0 Å². The summed E-state index contributed by atoms with van der Waals surface area (Å²) >= 11 is 0. The summed E-state index contributed by atoms with van der Waals surface area (Å²) in [6.45, 7) is 6.37. The number of carbonyl (C=O) groups is 2. The molecule has 0 aliphatic rings. The van der Waals surface area contributed by atoms with Crippen molar-refractivity contribution < 1.29 is 27.5 Å². The van der Waals surface area contributed by atoms with Crippen LogP contribution in [0.5, 0.6) is 0 Å². The molecule has 0 aromatic heterocycles. The lowest BCUT2D eigenvalue weighted by atomic mass is 10.0. The molecule has 8 heteroatoms. The van der Waals surface area contributed by atoms with Gasteiger partial charge in [-0.1, -0.05) is 36.4 Å². The van der Waals surface area contributed by atoms with Crippen LogP contribution in [0.15, 0.2) is 48.5 Å². The second-order valence-electron chi connectivity index (χ2n) is 7.51. The van der Waals surface area contributed by atoms with Crippen molar-refractivity contribution in [3.05, 3.63) is 65.2 Å². The Bertz CT molecular complexity index is 875. The summed E-state index contributed by atoms with van der Waals surface area (Å²) in [5.74, 6) is -0.695. The molecule has 2 rings (SSSR count). The van der Waals surface area contributed by atoms with Crippen LogP contribution >= 0.6 is 0 Å². The molecule has 29 heavy (non-hydrogen) atoms. The number of aryl methyl sites for hydroxylation is 1. The number of ether oxygens (including phenoxy) is 1. The van der Waals surface area contributed by atoms with Crippen molar-refractivity contribution in [2.45, 2.75) is 45.5 Å². The van der Waals surface area contributed by atoms with Gasteiger partial charge in [0.25, 0.3) is 5.91 Å². The first-order chi connectivity index (χ1) is 13.4. The predicted molar refractivity (Wildman–Crippen MR) is 103 cm³/mol. The maximum Gasteiger partial charge on any atom is 0.416 e. The number of halogens is 3. The Labute approximate surface area is 167 Å². The van der Waals surface area contributed by atoms with Crippen molar-refractivity contribution in [1.29, 1.82) is 0 Å². The van der Waals surface area contributed by atoms with Crippen molar-refractivity contribution in [2.75, 3.05) is 5.32 Å². The summed E-state index contributed by atoms with van der Waals surface area (Å²) in [6, 6.07) is 10.7. The predicted octanol–water partition coefficient (Wildman–Crippen LogP) is 5.22. The van der Waals surface area contributed by atoms with Crippen LogP contribution in [-0.2, 0) is 15.7 Å². The molecule has 2 aromatic carbocycles. The Morgan fingerprint density at radius 1 is 1.00 bits per heavy atom. The molecule has 0 saturated heterocycles. The second-order valence-corrected chi connectivity index (χ2v) is 7.51. The average molecular weight is 408 g/mol. The fourth-order valence-corrected chi connectivity index (χ4v) is 2.59. The maximum atomic E-state index is 13.1. The zero-order valence-corrected chi connectivity index (χ0v) is 16.6. The largest absolute Gasteiger partial charge is 0.444 e. The summed E-state index contributed by atoms with van der Waals surface area (Å²) in [7, 11) is 0. The molecule has 0 aliphatic heterocycles. The molecule has 2 N–H and O–H groups in total. The van der Waals surface area contributed by atoms with E-state index >= 15 is 0 Å². The van der Waals surface area contributed by atoms with Crippen molar-refractivity contribution in [3.63, 3.8) is 0 Å². The van der Waals surface area contributed by atoms with Gasteiger partial charge in [0.05, 0.1) is 5.56 Å². The molecule has 0 heterocycles. The quantitative estimate of drug-likeness (QED) is 0.729. The van der Waals surface area contributed by atoms with E-state index in [0.29, 0.717) is 5.56 Å². The molecule has 0 saturated carbocycles. The van der Waals surface area contributed by atoms with E-state index in [1.165, 1.54) is 19.1 Å². The fraction of sp³-hybridized carbons (Fsp3) is 0.333. The van der Waals surface area contributed by atoms with Gasteiger partial charge in [0.15, 0.2) is 0 Å². The van der Waals surface area contributed by atoms with Gasteiger partial charge in [0.1, 0.15) is 11.6 Å². The molecule has 156 valence electrons. The standard InChI is InChI=1S/C21H23F3N2O3/c1-13-10-11-15(12-16(13)21(22,23)24)25-18(27)17(14-8-6-5-7-9-14)26-19(28)29-20(2,3)4/h5-12,17H,1-4H3,(H,25,27)(H,26,28)/t17-/m0/s1. The highest BCUT2D eigenvalue weighted by Gasteiger charge is 2.33. The topological polar surface area (TPSA) is 67.4 Å². The van der Waals surface area contributed by atoms with Gasteiger partial charge in [-0.05, 0) is 51.0 Å². The smallest absolute Gasteiger partial charge is 0.416 e. The summed E-state index contributed by atoms with van der Waals surface area (Å²) < 4.78 is 44.6. The highest BCUT2D eigenvalue weighted by Crippen LogP contribution is 2.33. The zero-order chi connectivity index (χ0) is 21.8. The van der Waals surface area contributed by atoms with Gasteiger partial charge in [-0.2, -0.15) is 13.2 Å². The maximum absolute atomic E-state index is 13.1. The van der Waals surface area contributed by atoms with E-state index in [-0.39, 0.29) is 11.3 Å². The Morgan fingerprint density at radius 3 is 2.17 bits per heavy atom. The van der Waals surface area contributed by atoms with Crippen LogP contribution in [0.25, 0.3) is 0 Å². The van der Waals surface area contributed by atoms with E-state index in [0.717, 1.165) is 6.07 Å². The lowest BCUT2D eigenvalue weighted by Gasteiger charge is -2.23. The number of hydrogen-bond donors (Lipinski definition) is 2. The van der Waals surface area contributed by atoms with Crippen LogP contribution in [0, 0.1) is 6.92 Å². The Kier molecular flexibility index (Phi) is 6.56. The van der Waals surface area contributed by atoms with Crippen LogP contribution in [0.3, 0.4) is 0 Å². The van der Waals surface area contributed by atoms with Gasteiger partial charge in [0, 0.05) is 5.69 Å². The van der Waals surface area contributed by atoms with E-state index in [4.69, 9.17) is 4.74 Å². The number of amides is 2. The minimum absolute atomic E-state index is 0.0279. The minimum Gasteiger partial charge on any atom is -0.444 e. The first-order valence-corrected chi connectivity index (χ1v) is 8.90. The SMILES string of the molecule is Cc1ccc(NC(=O)[C@@H](NC(=O)OC(C)(C)C)c2ccccc2)cc1C(F)(F)F. The molecular weight excluding hydrogens is 385 g/mol. The minimum atomic E-state index is -4.54. The van der Waals surface area contributed by atoms with Crippen LogP contribution < -0.4 is 10.6 Å². The number of nitrogens with one attached hydrogen (secondary N) is 2. The molecule has 2 aromatic rings. The first kappa shape index (κ1) is 22.3. The number of benzene rings is 2. The molecule has 0 bridgehead atoms. The molecular formula is C21H23F3N2O3. The fourth-order valence-electron chi connectivity index (χ4n) is 2.59. The molecule has 0 aliphatic carbocycles. The van der Waals surface area contributed by atoms with Gasteiger partial charge in [-0.25, -0.2) is 4.79 Å². The zero-order valence-electron chi connectivity index (χ0n) is 16.6. The highest BCUT2D eigenvalue weighted by atomic mass is 19.4. The molecule has 0 fully saturated rings. The van der Waals surface area contributed by atoms with Crippen molar-refractivity contribution >= 4 is 17.7 Å². The third kappa shape index (κ3) is 6.51. The Balaban J connectivity index is 2.27. The van der Waals surface area contributed by atoms with Gasteiger partial charge in [-0.3, -0.25) is 4.79 Å². The Morgan fingerprint density at radius 2 is 1.62 bits per heavy atom. The number of carbonyl (C=O) groups excluding carboxylic acids is 2. The molecule has 5 nitrogen and oxygen atoms in total. The lowest BCUT2D eigenvalue weighted by molar-refractivity contribution is -0.138. The summed E-state index contributed by atoms with van der Waals surface area (Å²) in [4.78, 5) is 25.0. The van der Waals surface area contributed by atoms with E-state index in [1.807, 2.05) is 0 Å². The average Bonchev–Trinajstić information content (AvgIpc) is 2.59. The van der Waals surface area contributed by atoms with Crippen molar-refractivity contribution in [2.24, 2.45) is 0 Å². The third-order valence-electron chi connectivity index (χ3n) is 3.87. The molecule has 1 atom stereocenters. The number of hydrogen-bond acceptors (Lipinski definition) is 3. The molecule has 0 spiro atoms. The third-order valence-corrected chi connectivity index (χ3v) is 3.87. The Hall–Kier alpha value is -3.03. The summed E-state index contributed by atoms with van der Waals surface area (Å²) in [5, 5.41) is 4.91. The molecule has 0 unspecified atom stereocenters. The number of alkyl carbamates (subject to hydrolysis) is 1. The van der Waals surface area contributed by atoms with Gasteiger partial charge in [0.2, 0.25) is 0 Å². The molecule has 2 amide bonds. The number of anilines is 1. The number of alkyl halides is 3. The second kappa shape index (κ2) is 8.55. The molecule has 0 radical (unpaired) electrons. The summed E-state index contributed by atoms with van der Waals surface area (Å²) in [5.41, 5.74) is -1.15. The van der Waals surface area contributed by atoms with E-state index in [1.54, 1.807) is 51.1 Å². The summed E-state index contributed by atoms with van der Waals surface area (Å²) in [6.07, 6.45) is -5.36. The van der Waals surface area contributed by atoms with Crippen LogP contribution in [0.1, 0.15) is 43.5 Å². The number of rotatable bonds is 4. The lowest BCUT2D eigenvalue weighted by Crippen LogP contribution is -2.40. The highest BCUT2D eigenvalue weighted by molar-refractivity contribution is 5.97.